The molecule has 1 amide bonds. The summed E-state index contributed by atoms with van der Waals surface area (Å²) >= 11 is 0. The molecular weight excluding hydrogens is 508 g/mol. The highest BCUT2D eigenvalue weighted by Gasteiger charge is 2.28. The monoisotopic (exact) mass is 532 g/mol. The Morgan fingerprint density at radius 2 is 1.68 bits per heavy atom. The summed E-state index contributed by atoms with van der Waals surface area (Å²) in [6.07, 6.45) is 1.28. The molecule has 10 nitrogen and oxygen atoms in total. The molecular formula is C27H24N4O6S. The fourth-order valence-electron chi connectivity index (χ4n) is 3.64. The third kappa shape index (κ3) is 5.95. The maximum absolute atomic E-state index is 13.5. The topological polar surface area (TPSA) is 135 Å². The summed E-state index contributed by atoms with van der Waals surface area (Å²) in [6.45, 7) is 3.13. The number of non-ortho nitro benzene ring substituents is 1. The van der Waals surface area contributed by atoms with Crippen LogP contribution in [0, 0.1) is 24.0 Å². The predicted octanol–water partition coefficient (Wildman–Crippen LogP) is 4.82. The first kappa shape index (κ1) is 26.3. The number of benzene rings is 3. The summed E-state index contributed by atoms with van der Waals surface area (Å²) in [7, 11) is -4.04. The van der Waals surface area contributed by atoms with Crippen molar-refractivity contribution in [2.45, 2.75) is 18.7 Å². The van der Waals surface area contributed by atoms with Gasteiger partial charge in [-0.15, -0.1) is 0 Å². The van der Waals surface area contributed by atoms with E-state index in [2.05, 4.69) is 10.5 Å². The lowest BCUT2D eigenvalue weighted by Gasteiger charge is -2.25. The molecule has 0 aliphatic heterocycles. The van der Waals surface area contributed by atoms with Crippen LogP contribution in [0.5, 0.6) is 0 Å². The van der Waals surface area contributed by atoms with Crippen molar-refractivity contribution < 1.29 is 22.6 Å². The van der Waals surface area contributed by atoms with Gasteiger partial charge in [0.2, 0.25) is 0 Å². The van der Waals surface area contributed by atoms with E-state index < -0.39 is 27.4 Å². The van der Waals surface area contributed by atoms with Gasteiger partial charge < -0.3 is 4.42 Å². The number of rotatable bonds is 9. The van der Waals surface area contributed by atoms with Crippen molar-refractivity contribution in [1.82, 2.24) is 5.43 Å². The van der Waals surface area contributed by atoms with Crippen molar-refractivity contribution in [1.29, 1.82) is 0 Å². The van der Waals surface area contributed by atoms with E-state index in [1.165, 1.54) is 30.5 Å². The molecule has 11 heteroatoms. The van der Waals surface area contributed by atoms with Gasteiger partial charge in [0, 0.05) is 17.7 Å². The summed E-state index contributed by atoms with van der Waals surface area (Å²) < 4.78 is 33.7. The number of sulfonamides is 1. The zero-order valence-electron chi connectivity index (χ0n) is 20.6. The summed E-state index contributed by atoms with van der Waals surface area (Å²) in [6, 6.07) is 22.5. The van der Waals surface area contributed by atoms with Crippen molar-refractivity contribution in [2.24, 2.45) is 5.10 Å². The van der Waals surface area contributed by atoms with Crippen molar-refractivity contribution in [2.75, 3.05) is 10.8 Å². The van der Waals surface area contributed by atoms with E-state index in [-0.39, 0.29) is 10.6 Å². The minimum Gasteiger partial charge on any atom is -0.455 e. The Kier molecular flexibility index (Phi) is 7.68. The lowest BCUT2D eigenvalue weighted by molar-refractivity contribution is -0.384. The average Bonchev–Trinajstić information content (AvgIpc) is 3.37. The Hall–Kier alpha value is -4.77. The van der Waals surface area contributed by atoms with Crippen molar-refractivity contribution in [3.63, 3.8) is 0 Å². The van der Waals surface area contributed by atoms with E-state index in [1.54, 1.807) is 67.6 Å². The standard InChI is InChI=1S/C27H24N4O6S/c1-19-7-14-24(15-8-19)38(35,36)30(25-6-4-3-5-20(25)2)18-27(32)29-28-17-23-13-16-26(37-23)21-9-11-22(12-10-21)31(33)34/h3-17H,18H2,1-2H3,(H,29,32)/b28-17-. The highest BCUT2D eigenvalue weighted by Crippen LogP contribution is 2.27. The second-order valence-electron chi connectivity index (χ2n) is 8.41. The fourth-order valence-corrected chi connectivity index (χ4v) is 5.12. The molecule has 0 saturated heterocycles. The number of aryl methyl sites for hydroxylation is 2. The zero-order valence-corrected chi connectivity index (χ0v) is 21.4. The number of nitrogens with zero attached hydrogens (tertiary/aromatic N) is 3. The SMILES string of the molecule is Cc1ccc(S(=O)(=O)N(CC(=O)N/N=C\c2ccc(-c3ccc([N+](=O)[O-])cc3)o2)c2ccccc2C)cc1. The molecule has 0 spiro atoms. The molecule has 0 aliphatic rings. The van der Waals surface area contributed by atoms with E-state index >= 15 is 0 Å². The van der Waals surface area contributed by atoms with Crippen LogP contribution in [-0.4, -0.2) is 32.0 Å². The number of anilines is 1. The molecule has 0 unspecified atom stereocenters. The summed E-state index contributed by atoms with van der Waals surface area (Å²) in [5.41, 5.74) is 4.92. The summed E-state index contributed by atoms with van der Waals surface area (Å²) in [5, 5.41) is 14.7. The van der Waals surface area contributed by atoms with Gasteiger partial charge in [-0.05, 0) is 61.9 Å². The largest absolute Gasteiger partial charge is 0.455 e. The molecule has 0 aliphatic carbocycles. The number of amides is 1. The van der Waals surface area contributed by atoms with E-state index in [1.807, 2.05) is 6.92 Å². The van der Waals surface area contributed by atoms with Crippen LogP contribution in [-0.2, 0) is 14.8 Å². The molecule has 4 rings (SSSR count). The van der Waals surface area contributed by atoms with Gasteiger partial charge in [0.25, 0.3) is 21.6 Å². The van der Waals surface area contributed by atoms with Crippen LogP contribution in [0.25, 0.3) is 11.3 Å². The fraction of sp³-hybridized carbons (Fsp3) is 0.111. The van der Waals surface area contributed by atoms with Gasteiger partial charge in [-0.2, -0.15) is 5.10 Å². The van der Waals surface area contributed by atoms with Crippen LogP contribution in [0.15, 0.2) is 99.3 Å². The Balaban J connectivity index is 1.49. The molecule has 194 valence electrons. The lowest BCUT2D eigenvalue weighted by atomic mass is 10.1. The molecule has 0 bridgehead atoms. The quantitative estimate of drug-likeness (QED) is 0.187. The van der Waals surface area contributed by atoms with Crippen molar-refractivity contribution >= 4 is 33.5 Å². The highest BCUT2D eigenvalue weighted by atomic mass is 32.2. The van der Waals surface area contributed by atoms with E-state index in [4.69, 9.17) is 4.42 Å². The lowest BCUT2D eigenvalue weighted by Crippen LogP contribution is -2.40. The number of hydrogen-bond donors (Lipinski definition) is 1. The van der Waals surface area contributed by atoms with Gasteiger partial charge in [-0.3, -0.25) is 19.2 Å². The first-order chi connectivity index (χ1) is 18.1. The van der Waals surface area contributed by atoms with Gasteiger partial charge in [0.15, 0.2) is 0 Å². The summed E-state index contributed by atoms with van der Waals surface area (Å²) in [4.78, 5) is 23.2. The van der Waals surface area contributed by atoms with Gasteiger partial charge in [0.05, 0.1) is 21.7 Å². The van der Waals surface area contributed by atoms with Crippen LogP contribution in [0.4, 0.5) is 11.4 Å². The van der Waals surface area contributed by atoms with Crippen LogP contribution in [0.1, 0.15) is 16.9 Å². The molecule has 1 N–H and O–H groups in total. The number of furan rings is 1. The molecule has 1 aromatic heterocycles. The van der Waals surface area contributed by atoms with Crippen LogP contribution in [0.3, 0.4) is 0 Å². The minimum absolute atomic E-state index is 0.0334. The number of carbonyl (C=O) groups is 1. The smallest absolute Gasteiger partial charge is 0.269 e. The molecule has 0 fully saturated rings. The predicted molar refractivity (Wildman–Crippen MR) is 143 cm³/mol. The normalized spacial score (nSPS) is 11.4. The molecule has 3 aromatic carbocycles. The third-order valence-electron chi connectivity index (χ3n) is 5.65. The minimum atomic E-state index is -4.04. The first-order valence-electron chi connectivity index (χ1n) is 11.5. The van der Waals surface area contributed by atoms with Crippen LogP contribution in [0.2, 0.25) is 0 Å². The van der Waals surface area contributed by atoms with Crippen molar-refractivity contribution in [3.8, 4) is 11.3 Å². The molecule has 4 aromatic rings. The molecule has 0 saturated carbocycles. The Labute approximate surface area is 219 Å². The number of carbonyl (C=O) groups excluding carboxylic acids is 1. The summed E-state index contributed by atoms with van der Waals surface area (Å²) in [5.74, 6) is 0.131. The second kappa shape index (κ2) is 11.1. The number of nitro benzene ring substituents is 1. The van der Waals surface area contributed by atoms with E-state index in [9.17, 15) is 23.3 Å². The van der Waals surface area contributed by atoms with Crippen LogP contribution >= 0.6 is 0 Å². The maximum Gasteiger partial charge on any atom is 0.269 e. The average molecular weight is 533 g/mol. The molecule has 0 atom stereocenters. The van der Waals surface area contributed by atoms with Gasteiger partial charge in [0.1, 0.15) is 18.1 Å². The number of nitrogens with one attached hydrogen (secondary N) is 1. The number of nitro groups is 1. The second-order valence-corrected chi connectivity index (χ2v) is 10.3. The van der Waals surface area contributed by atoms with Gasteiger partial charge >= 0.3 is 0 Å². The number of para-hydroxylation sites is 1. The molecule has 1 heterocycles. The van der Waals surface area contributed by atoms with Gasteiger partial charge in [-0.1, -0.05) is 35.9 Å². The Morgan fingerprint density at radius 3 is 2.34 bits per heavy atom. The Morgan fingerprint density at radius 1 is 1.00 bits per heavy atom. The Bertz CT molecular complexity index is 1590. The van der Waals surface area contributed by atoms with Crippen molar-refractivity contribution in [3.05, 3.63) is 112 Å². The number of hydrogen-bond acceptors (Lipinski definition) is 7. The molecule has 0 radical (unpaired) electrons. The third-order valence-corrected chi connectivity index (χ3v) is 7.42. The number of hydrazone groups is 1. The zero-order chi connectivity index (χ0) is 27.3. The van der Waals surface area contributed by atoms with Crippen LogP contribution < -0.4 is 9.73 Å². The van der Waals surface area contributed by atoms with E-state index in [0.717, 1.165) is 9.87 Å². The maximum atomic E-state index is 13.5. The van der Waals surface area contributed by atoms with Gasteiger partial charge in [-0.25, -0.2) is 13.8 Å². The highest BCUT2D eigenvalue weighted by molar-refractivity contribution is 7.92. The molecule has 38 heavy (non-hydrogen) atoms. The van der Waals surface area contributed by atoms with E-state index in [0.29, 0.717) is 28.3 Å². The first-order valence-corrected chi connectivity index (χ1v) is 12.9.